The minimum atomic E-state index is -3.57. The molecule has 1 aliphatic rings. The molecule has 1 fully saturated rings. The molecule has 0 aromatic carbocycles. The minimum Gasteiger partial charge on any atom is -0.476 e. The van der Waals surface area contributed by atoms with Crippen molar-refractivity contribution in [2.45, 2.75) is 37.8 Å². The summed E-state index contributed by atoms with van der Waals surface area (Å²) in [4.78, 5) is 8.15. The van der Waals surface area contributed by atoms with Gasteiger partial charge >= 0.3 is 0 Å². The Morgan fingerprint density at radius 2 is 2.07 bits per heavy atom. The van der Waals surface area contributed by atoms with Gasteiger partial charge in [-0.25, -0.2) is 18.4 Å². The first-order valence-corrected chi connectivity index (χ1v) is 10.4. The number of aromatic nitrogens is 3. The van der Waals surface area contributed by atoms with Crippen molar-refractivity contribution in [1.82, 2.24) is 18.8 Å². The molecule has 8 nitrogen and oxygen atoms in total. The molecule has 0 amide bonds. The molecule has 2 aromatic rings. The molecule has 9 heteroatoms. The molecule has 3 rings (SSSR count). The lowest BCUT2D eigenvalue weighted by Gasteiger charge is -2.30. The van der Waals surface area contributed by atoms with E-state index in [0.29, 0.717) is 44.0 Å². The molecule has 1 saturated heterocycles. The molecule has 0 aliphatic carbocycles. The first-order valence-electron chi connectivity index (χ1n) is 8.93. The molecular formula is C18H23N5O3S. The summed E-state index contributed by atoms with van der Waals surface area (Å²) in [7, 11) is -3.57. The van der Waals surface area contributed by atoms with Crippen molar-refractivity contribution in [3.8, 4) is 11.9 Å². The molecule has 0 bridgehead atoms. The second-order valence-electron chi connectivity index (χ2n) is 6.88. The standard InChI is InChI=1S/C18H23N5O3S/c1-14(2)22-11-17(21-13-22)27(24,25)23-8-5-15(6-9-23)12-26-18-16(10-19)4-3-7-20-18/h3-4,7,11,13-15H,5-6,8-9,12H2,1-2H3. The van der Waals surface area contributed by atoms with Gasteiger partial charge in [-0.05, 0) is 44.7 Å². The predicted octanol–water partition coefficient (Wildman–Crippen LogP) is 2.21. The number of hydrogen-bond donors (Lipinski definition) is 0. The van der Waals surface area contributed by atoms with Gasteiger partial charge in [0.05, 0.1) is 12.9 Å². The fourth-order valence-electron chi connectivity index (χ4n) is 2.97. The van der Waals surface area contributed by atoms with E-state index in [1.165, 1.54) is 4.31 Å². The Bertz CT molecular complexity index is 924. The Kier molecular flexibility index (Phi) is 5.77. The number of piperidine rings is 1. The van der Waals surface area contributed by atoms with Crippen LogP contribution in [0.15, 0.2) is 35.9 Å². The monoisotopic (exact) mass is 389 g/mol. The van der Waals surface area contributed by atoms with Gasteiger partial charge in [0.25, 0.3) is 10.0 Å². The zero-order chi connectivity index (χ0) is 19.4. The molecular weight excluding hydrogens is 366 g/mol. The van der Waals surface area contributed by atoms with E-state index < -0.39 is 10.0 Å². The summed E-state index contributed by atoms with van der Waals surface area (Å²) in [5.74, 6) is 0.549. The summed E-state index contributed by atoms with van der Waals surface area (Å²) in [6, 6.07) is 5.57. The van der Waals surface area contributed by atoms with Crippen LogP contribution in [-0.4, -0.2) is 47.0 Å². The van der Waals surface area contributed by atoms with Crippen molar-refractivity contribution in [3.63, 3.8) is 0 Å². The zero-order valence-corrected chi connectivity index (χ0v) is 16.3. The highest BCUT2D eigenvalue weighted by Crippen LogP contribution is 2.24. The van der Waals surface area contributed by atoms with E-state index in [-0.39, 0.29) is 17.0 Å². The van der Waals surface area contributed by atoms with Crippen LogP contribution in [0.2, 0.25) is 0 Å². The van der Waals surface area contributed by atoms with Crippen LogP contribution in [-0.2, 0) is 10.0 Å². The van der Waals surface area contributed by atoms with Crippen LogP contribution in [0.25, 0.3) is 0 Å². The Morgan fingerprint density at radius 1 is 1.33 bits per heavy atom. The average molecular weight is 389 g/mol. The van der Waals surface area contributed by atoms with Crippen LogP contribution in [0.3, 0.4) is 0 Å². The number of rotatable bonds is 6. The van der Waals surface area contributed by atoms with Crippen LogP contribution >= 0.6 is 0 Å². The summed E-state index contributed by atoms with van der Waals surface area (Å²) >= 11 is 0. The number of nitrogens with zero attached hydrogens (tertiary/aromatic N) is 5. The number of nitriles is 1. The minimum absolute atomic E-state index is 0.0954. The maximum absolute atomic E-state index is 12.8. The first-order chi connectivity index (χ1) is 12.9. The normalized spacial score (nSPS) is 16.4. The third-order valence-corrected chi connectivity index (χ3v) is 6.48. The third kappa shape index (κ3) is 4.28. The molecule has 3 heterocycles. The van der Waals surface area contributed by atoms with E-state index in [4.69, 9.17) is 10.00 Å². The van der Waals surface area contributed by atoms with Crippen molar-refractivity contribution in [1.29, 1.82) is 5.26 Å². The highest BCUT2D eigenvalue weighted by Gasteiger charge is 2.31. The van der Waals surface area contributed by atoms with Crippen molar-refractivity contribution in [3.05, 3.63) is 36.4 Å². The van der Waals surface area contributed by atoms with Crippen LogP contribution in [0.1, 0.15) is 38.3 Å². The number of pyridine rings is 1. The van der Waals surface area contributed by atoms with Gasteiger partial charge in [-0.1, -0.05) is 0 Å². The molecule has 0 atom stereocenters. The van der Waals surface area contributed by atoms with Crippen LogP contribution in [0, 0.1) is 17.2 Å². The molecule has 0 spiro atoms. The topological polar surface area (TPSA) is 101 Å². The predicted molar refractivity (Wildman–Crippen MR) is 98.5 cm³/mol. The van der Waals surface area contributed by atoms with Crippen molar-refractivity contribution < 1.29 is 13.2 Å². The fourth-order valence-corrected chi connectivity index (χ4v) is 4.36. The van der Waals surface area contributed by atoms with Crippen molar-refractivity contribution >= 4 is 10.0 Å². The lowest BCUT2D eigenvalue weighted by atomic mass is 9.99. The van der Waals surface area contributed by atoms with Crippen LogP contribution in [0.5, 0.6) is 5.88 Å². The average Bonchev–Trinajstić information content (AvgIpc) is 3.18. The first kappa shape index (κ1) is 19.3. The van der Waals surface area contributed by atoms with E-state index in [9.17, 15) is 8.42 Å². The van der Waals surface area contributed by atoms with Gasteiger partial charge in [0.2, 0.25) is 5.88 Å². The van der Waals surface area contributed by atoms with E-state index in [0.717, 1.165) is 0 Å². The summed E-state index contributed by atoms with van der Waals surface area (Å²) in [6.07, 6.45) is 6.11. The Hall–Kier alpha value is -2.44. The highest BCUT2D eigenvalue weighted by atomic mass is 32.2. The van der Waals surface area contributed by atoms with Gasteiger partial charge in [-0.3, -0.25) is 0 Å². The smallest absolute Gasteiger partial charge is 0.262 e. The maximum atomic E-state index is 12.8. The lowest BCUT2D eigenvalue weighted by Crippen LogP contribution is -2.39. The molecule has 0 unspecified atom stereocenters. The van der Waals surface area contributed by atoms with Gasteiger partial charge in [-0.2, -0.15) is 9.57 Å². The molecule has 2 aromatic heterocycles. The van der Waals surface area contributed by atoms with Gasteiger partial charge < -0.3 is 9.30 Å². The SMILES string of the molecule is CC(C)n1cnc(S(=O)(=O)N2CCC(COc3ncccc3C#N)CC2)c1. The van der Waals surface area contributed by atoms with E-state index in [1.54, 1.807) is 35.4 Å². The molecule has 144 valence electrons. The number of hydrogen-bond acceptors (Lipinski definition) is 6. The second kappa shape index (κ2) is 8.06. The van der Waals surface area contributed by atoms with Gasteiger partial charge in [-0.15, -0.1) is 0 Å². The second-order valence-corrected chi connectivity index (χ2v) is 8.76. The quantitative estimate of drug-likeness (QED) is 0.751. The lowest BCUT2D eigenvalue weighted by molar-refractivity contribution is 0.180. The van der Waals surface area contributed by atoms with Gasteiger partial charge in [0.1, 0.15) is 11.6 Å². The van der Waals surface area contributed by atoms with Gasteiger partial charge in [0, 0.05) is 31.5 Å². The molecule has 0 radical (unpaired) electrons. The number of sulfonamides is 1. The fraction of sp³-hybridized carbons (Fsp3) is 0.500. The summed E-state index contributed by atoms with van der Waals surface area (Å²) in [5.41, 5.74) is 0.401. The van der Waals surface area contributed by atoms with Crippen molar-refractivity contribution in [2.75, 3.05) is 19.7 Å². The van der Waals surface area contributed by atoms with Gasteiger partial charge in [0.15, 0.2) is 5.03 Å². The van der Waals surface area contributed by atoms with E-state index in [2.05, 4.69) is 16.0 Å². The molecule has 27 heavy (non-hydrogen) atoms. The largest absolute Gasteiger partial charge is 0.476 e. The molecule has 0 saturated carbocycles. The zero-order valence-electron chi connectivity index (χ0n) is 15.4. The van der Waals surface area contributed by atoms with Crippen molar-refractivity contribution in [2.24, 2.45) is 5.92 Å². The Labute approximate surface area is 159 Å². The third-order valence-electron chi connectivity index (χ3n) is 4.70. The maximum Gasteiger partial charge on any atom is 0.262 e. The van der Waals surface area contributed by atoms with Crippen LogP contribution < -0.4 is 4.74 Å². The van der Waals surface area contributed by atoms with E-state index >= 15 is 0 Å². The summed E-state index contributed by atoms with van der Waals surface area (Å²) in [6.45, 7) is 5.23. The number of imidazole rings is 1. The summed E-state index contributed by atoms with van der Waals surface area (Å²) in [5, 5.41) is 9.17. The molecule has 1 aliphatic heterocycles. The van der Waals surface area contributed by atoms with Crippen LogP contribution in [0.4, 0.5) is 0 Å². The summed E-state index contributed by atoms with van der Waals surface area (Å²) < 4.78 is 34.5. The Morgan fingerprint density at radius 3 is 2.70 bits per heavy atom. The van der Waals surface area contributed by atoms with E-state index in [1.807, 2.05) is 13.8 Å². The Balaban J connectivity index is 1.57. The number of ether oxygens (including phenoxy) is 1. The highest BCUT2D eigenvalue weighted by molar-refractivity contribution is 7.89. The molecule has 0 N–H and O–H groups in total.